The number of benzene rings is 2. The summed E-state index contributed by atoms with van der Waals surface area (Å²) in [6.45, 7) is 3.21. The average Bonchev–Trinajstić information content (AvgIpc) is 3.13. The van der Waals surface area contributed by atoms with Gasteiger partial charge >= 0.3 is 0 Å². The molecule has 6 heteroatoms. The number of aromatic nitrogens is 1. The fourth-order valence-electron chi connectivity index (χ4n) is 4.75. The molecule has 3 heterocycles. The summed E-state index contributed by atoms with van der Waals surface area (Å²) in [6.07, 6.45) is 1.30. The van der Waals surface area contributed by atoms with Crippen LogP contribution in [0, 0.1) is 12.8 Å². The molecule has 0 radical (unpaired) electrons. The molecular weight excluding hydrogens is 398 g/mol. The van der Waals surface area contributed by atoms with E-state index in [0.717, 1.165) is 34.1 Å². The zero-order chi connectivity index (χ0) is 20.8. The van der Waals surface area contributed by atoms with Crippen LogP contribution in [0.15, 0.2) is 48.5 Å². The van der Waals surface area contributed by atoms with E-state index in [9.17, 15) is 9.59 Å². The van der Waals surface area contributed by atoms with E-state index in [1.54, 1.807) is 0 Å². The molecule has 5 nitrogen and oxygen atoms in total. The predicted octanol–water partition coefficient (Wildman–Crippen LogP) is 4.21. The van der Waals surface area contributed by atoms with E-state index < -0.39 is 0 Å². The van der Waals surface area contributed by atoms with Gasteiger partial charge in [-0.05, 0) is 37.1 Å². The number of hydrogen-bond donors (Lipinski definition) is 1. The van der Waals surface area contributed by atoms with Gasteiger partial charge in [0.1, 0.15) is 0 Å². The molecule has 152 valence electrons. The first-order valence-corrected chi connectivity index (χ1v) is 10.6. The summed E-state index contributed by atoms with van der Waals surface area (Å²) in [4.78, 5) is 32.3. The smallest absolute Gasteiger partial charge is 0.254 e. The van der Waals surface area contributed by atoms with E-state index in [1.165, 1.54) is 0 Å². The Morgan fingerprint density at radius 1 is 1.17 bits per heavy atom. The summed E-state index contributed by atoms with van der Waals surface area (Å²) in [5.74, 6) is 0.299. The standard InChI is InChI=1S/C24H22ClN3O2/c1-14-22(24(30)28-11-10-19-16(13-28)12-21(29)26-19)18-4-2-3-5-20(18)27-23(14)15-6-8-17(25)9-7-15/h2-9,16,19H,10-13H2,1H3,(H,26,29)/t16-,19+/m1/s1. The van der Waals surface area contributed by atoms with Crippen molar-refractivity contribution >= 4 is 34.3 Å². The van der Waals surface area contributed by atoms with Gasteiger partial charge in [0.25, 0.3) is 5.91 Å². The van der Waals surface area contributed by atoms with Crippen molar-refractivity contribution in [3.63, 3.8) is 0 Å². The third kappa shape index (κ3) is 3.23. The molecule has 2 amide bonds. The Hall–Kier alpha value is -2.92. The Kier molecular flexibility index (Phi) is 4.70. The minimum Gasteiger partial charge on any atom is -0.353 e. The number of likely N-dealkylation sites (tertiary alicyclic amines) is 1. The minimum atomic E-state index is 0.0131. The van der Waals surface area contributed by atoms with Crippen LogP contribution in [0.25, 0.3) is 22.2 Å². The maximum absolute atomic E-state index is 13.7. The van der Waals surface area contributed by atoms with Crippen LogP contribution in [0.2, 0.25) is 5.02 Å². The lowest BCUT2D eigenvalue weighted by Gasteiger charge is -2.35. The molecule has 3 aromatic rings. The van der Waals surface area contributed by atoms with Gasteiger partial charge in [0.15, 0.2) is 0 Å². The number of carbonyl (C=O) groups excluding carboxylic acids is 2. The SMILES string of the molecule is Cc1c(-c2ccc(Cl)cc2)nc2ccccc2c1C(=O)N1CC[C@@H]2NC(=O)C[C@@H]2C1. The quantitative estimate of drug-likeness (QED) is 0.676. The summed E-state index contributed by atoms with van der Waals surface area (Å²) >= 11 is 6.06. The number of fused-ring (bicyclic) bond motifs is 2. The van der Waals surface area contributed by atoms with Gasteiger partial charge in [0.2, 0.25) is 5.91 Å². The van der Waals surface area contributed by atoms with Crippen LogP contribution in [-0.2, 0) is 4.79 Å². The second kappa shape index (κ2) is 7.40. The van der Waals surface area contributed by atoms with Crippen molar-refractivity contribution < 1.29 is 9.59 Å². The van der Waals surface area contributed by atoms with Gasteiger partial charge in [-0.3, -0.25) is 9.59 Å². The molecule has 2 aliphatic heterocycles. The number of nitrogens with one attached hydrogen (secondary N) is 1. The summed E-state index contributed by atoms with van der Waals surface area (Å²) in [5, 5.41) is 4.56. The average molecular weight is 420 g/mol. The predicted molar refractivity (Wildman–Crippen MR) is 117 cm³/mol. The molecule has 0 unspecified atom stereocenters. The first kappa shape index (κ1) is 19.1. The second-order valence-electron chi connectivity index (χ2n) is 8.16. The fraction of sp³-hybridized carbons (Fsp3) is 0.292. The topological polar surface area (TPSA) is 62.3 Å². The highest BCUT2D eigenvalue weighted by Crippen LogP contribution is 2.33. The normalized spacial score (nSPS) is 20.9. The van der Waals surface area contributed by atoms with E-state index in [-0.39, 0.29) is 23.8 Å². The maximum Gasteiger partial charge on any atom is 0.254 e. The van der Waals surface area contributed by atoms with Crippen molar-refractivity contribution in [2.45, 2.75) is 25.8 Å². The van der Waals surface area contributed by atoms with Gasteiger partial charge in [-0.25, -0.2) is 4.98 Å². The Morgan fingerprint density at radius 3 is 2.73 bits per heavy atom. The van der Waals surface area contributed by atoms with Crippen LogP contribution in [0.4, 0.5) is 0 Å². The molecule has 0 saturated carbocycles. The maximum atomic E-state index is 13.7. The molecule has 2 fully saturated rings. The van der Waals surface area contributed by atoms with Gasteiger partial charge in [0, 0.05) is 47.4 Å². The van der Waals surface area contributed by atoms with Crippen LogP contribution in [-0.4, -0.2) is 40.8 Å². The molecule has 2 saturated heterocycles. The second-order valence-corrected chi connectivity index (χ2v) is 8.60. The number of amides is 2. The van der Waals surface area contributed by atoms with E-state index >= 15 is 0 Å². The highest BCUT2D eigenvalue weighted by atomic mass is 35.5. The number of nitrogens with zero attached hydrogens (tertiary/aromatic N) is 2. The molecule has 5 rings (SSSR count). The number of hydrogen-bond acceptors (Lipinski definition) is 3. The molecule has 0 spiro atoms. The third-order valence-corrected chi connectivity index (χ3v) is 6.53. The van der Waals surface area contributed by atoms with Crippen LogP contribution in [0.1, 0.15) is 28.8 Å². The molecule has 30 heavy (non-hydrogen) atoms. The van der Waals surface area contributed by atoms with E-state index in [1.807, 2.05) is 60.4 Å². The zero-order valence-corrected chi connectivity index (χ0v) is 17.4. The van der Waals surface area contributed by atoms with Crippen molar-refractivity contribution in [2.24, 2.45) is 5.92 Å². The van der Waals surface area contributed by atoms with E-state index in [4.69, 9.17) is 16.6 Å². The lowest BCUT2D eigenvalue weighted by molar-refractivity contribution is -0.119. The van der Waals surface area contributed by atoms with Crippen LogP contribution in [0.3, 0.4) is 0 Å². The van der Waals surface area contributed by atoms with Crippen LogP contribution < -0.4 is 5.32 Å². The number of pyridine rings is 1. The summed E-state index contributed by atoms with van der Waals surface area (Å²) in [5.41, 5.74) is 4.08. The molecule has 1 aromatic heterocycles. The fourth-order valence-corrected chi connectivity index (χ4v) is 4.87. The Morgan fingerprint density at radius 2 is 1.93 bits per heavy atom. The molecule has 0 bridgehead atoms. The van der Waals surface area contributed by atoms with Gasteiger partial charge in [0.05, 0.1) is 16.8 Å². The van der Waals surface area contributed by atoms with Crippen molar-refractivity contribution in [2.75, 3.05) is 13.1 Å². The highest BCUT2D eigenvalue weighted by molar-refractivity contribution is 6.30. The van der Waals surface area contributed by atoms with Gasteiger partial charge in [-0.15, -0.1) is 0 Å². The van der Waals surface area contributed by atoms with Gasteiger partial charge in [-0.2, -0.15) is 0 Å². The molecule has 2 aromatic carbocycles. The van der Waals surface area contributed by atoms with Crippen molar-refractivity contribution in [1.82, 2.24) is 15.2 Å². The zero-order valence-electron chi connectivity index (χ0n) is 16.7. The largest absolute Gasteiger partial charge is 0.353 e. The first-order chi connectivity index (χ1) is 14.5. The summed E-state index contributed by atoms with van der Waals surface area (Å²) < 4.78 is 0. The van der Waals surface area contributed by atoms with E-state index in [0.29, 0.717) is 30.1 Å². The Labute approximate surface area is 180 Å². The first-order valence-electron chi connectivity index (χ1n) is 10.2. The number of carbonyl (C=O) groups is 2. The summed E-state index contributed by atoms with van der Waals surface area (Å²) in [7, 11) is 0. The van der Waals surface area contributed by atoms with Crippen LogP contribution in [0.5, 0.6) is 0 Å². The minimum absolute atomic E-state index is 0.0131. The number of para-hydroxylation sites is 1. The summed E-state index contributed by atoms with van der Waals surface area (Å²) in [6, 6.07) is 15.5. The lowest BCUT2D eigenvalue weighted by Crippen LogP contribution is -2.47. The third-order valence-electron chi connectivity index (χ3n) is 6.28. The van der Waals surface area contributed by atoms with Crippen molar-refractivity contribution in [3.8, 4) is 11.3 Å². The van der Waals surface area contributed by atoms with Crippen molar-refractivity contribution in [1.29, 1.82) is 0 Å². The van der Waals surface area contributed by atoms with Gasteiger partial charge in [-0.1, -0.05) is 41.9 Å². The molecule has 2 atom stereocenters. The van der Waals surface area contributed by atoms with E-state index in [2.05, 4.69) is 5.32 Å². The van der Waals surface area contributed by atoms with Gasteiger partial charge < -0.3 is 10.2 Å². The molecule has 2 aliphatic rings. The molecule has 0 aliphatic carbocycles. The molecular formula is C24H22ClN3O2. The number of piperidine rings is 1. The number of halogens is 1. The Bertz CT molecular complexity index is 1160. The van der Waals surface area contributed by atoms with Crippen LogP contribution >= 0.6 is 11.6 Å². The Balaban J connectivity index is 1.59. The number of rotatable bonds is 2. The molecule has 1 N–H and O–H groups in total. The monoisotopic (exact) mass is 419 g/mol. The van der Waals surface area contributed by atoms with Crippen molar-refractivity contribution in [3.05, 3.63) is 64.7 Å². The lowest BCUT2D eigenvalue weighted by atomic mass is 9.91. The highest BCUT2D eigenvalue weighted by Gasteiger charge is 2.38.